The van der Waals surface area contributed by atoms with Crippen LogP contribution in [0.3, 0.4) is 0 Å². The summed E-state index contributed by atoms with van der Waals surface area (Å²) in [6.07, 6.45) is 8.57. The summed E-state index contributed by atoms with van der Waals surface area (Å²) in [6.45, 7) is 14.1. The molecule has 0 bridgehead atoms. The molecule has 0 fully saturated rings. The summed E-state index contributed by atoms with van der Waals surface area (Å²) in [5.74, 6) is 2.16. The quantitative estimate of drug-likeness (QED) is 0.431. The minimum Gasteiger partial charge on any atom is -0.208 e. The van der Waals surface area contributed by atoms with Gasteiger partial charge in [-0.2, -0.15) is 0 Å². The molecule has 0 unspecified atom stereocenters. The van der Waals surface area contributed by atoms with E-state index in [1.54, 1.807) is 0 Å². The molecule has 0 amide bonds. The van der Waals surface area contributed by atoms with E-state index in [0.717, 1.165) is 35.4 Å². The van der Waals surface area contributed by atoms with E-state index in [2.05, 4.69) is 49.4 Å². The maximum absolute atomic E-state index is 4.74. The van der Waals surface area contributed by atoms with Crippen LogP contribution in [0, 0.1) is 6.92 Å². The van der Waals surface area contributed by atoms with Crippen LogP contribution < -0.4 is 0 Å². The SMILES string of the molecule is CC.CC.CC.Cc1ccc(-c2nc(C3=CCCC=C3)nc(-c3ccccc3)n2)cc1. The number of hydrogen-bond acceptors (Lipinski definition) is 3. The summed E-state index contributed by atoms with van der Waals surface area (Å²) in [6, 6.07) is 18.4. The fourth-order valence-corrected chi connectivity index (χ4v) is 2.83. The lowest BCUT2D eigenvalue weighted by atomic mass is 10.1. The van der Waals surface area contributed by atoms with Crippen molar-refractivity contribution < 1.29 is 0 Å². The van der Waals surface area contributed by atoms with Crippen molar-refractivity contribution in [2.24, 2.45) is 0 Å². The predicted octanol–water partition coefficient (Wildman–Crippen LogP) is 8.33. The Morgan fingerprint density at radius 2 is 1.10 bits per heavy atom. The molecule has 3 heteroatoms. The Bertz CT molecular complexity index is 940. The highest BCUT2D eigenvalue weighted by molar-refractivity contribution is 5.73. The van der Waals surface area contributed by atoms with Crippen LogP contribution in [0.5, 0.6) is 0 Å². The van der Waals surface area contributed by atoms with Crippen molar-refractivity contribution in [3.63, 3.8) is 0 Å². The van der Waals surface area contributed by atoms with E-state index in [9.17, 15) is 0 Å². The molecule has 1 aromatic heterocycles. The molecule has 164 valence electrons. The lowest BCUT2D eigenvalue weighted by molar-refractivity contribution is 1.01. The fraction of sp³-hybridized carbons (Fsp3) is 0.321. The Kier molecular flexibility index (Phi) is 12.4. The van der Waals surface area contributed by atoms with E-state index in [-0.39, 0.29) is 0 Å². The minimum absolute atomic E-state index is 0.709. The van der Waals surface area contributed by atoms with Gasteiger partial charge in [0.05, 0.1) is 0 Å². The normalized spacial score (nSPS) is 11.5. The third-order valence-corrected chi connectivity index (χ3v) is 4.23. The molecule has 1 aliphatic rings. The Morgan fingerprint density at radius 1 is 0.581 bits per heavy atom. The van der Waals surface area contributed by atoms with Crippen molar-refractivity contribution >= 4 is 5.57 Å². The Hall–Kier alpha value is -3.07. The molecule has 1 heterocycles. The van der Waals surface area contributed by atoms with Crippen LogP contribution in [-0.4, -0.2) is 15.0 Å². The molecule has 3 nitrogen and oxygen atoms in total. The summed E-state index contributed by atoms with van der Waals surface area (Å²) in [4.78, 5) is 14.2. The van der Waals surface area contributed by atoms with Gasteiger partial charge in [0.1, 0.15) is 0 Å². The molecule has 4 rings (SSSR count). The molecule has 0 saturated carbocycles. The molecule has 31 heavy (non-hydrogen) atoms. The van der Waals surface area contributed by atoms with Gasteiger partial charge in [0.2, 0.25) is 0 Å². The van der Waals surface area contributed by atoms with Crippen LogP contribution in [0.2, 0.25) is 0 Å². The first kappa shape index (κ1) is 26.0. The molecule has 0 saturated heterocycles. The van der Waals surface area contributed by atoms with Crippen molar-refractivity contribution in [2.45, 2.75) is 61.3 Å². The second-order valence-corrected chi connectivity index (χ2v) is 6.18. The third kappa shape index (κ3) is 7.60. The second-order valence-electron chi connectivity index (χ2n) is 6.18. The largest absolute Gasteiger partial charge is 0.208 e. The summed E-state index contributed by atoms with van der Waals surface area (Å²) in [5, 5.41) is 0. The predicted molar refractivity (Wildman–Crippen MR) is 136 cm³/mol. The van der Waals surface area contributed by atoms with Crippen molar-refractivity contribution in [1.29, 1.82) is 0 Å². The smallest absolute Gasteiger partial charge is 0.164 e. The maximum Gasteiger partial charge on any atom is 0.164 e. The number of aryl methyl sites for hydroxylation is 1. The van der Waals surface area contributed by atoms with E-state index in [1.165, 1.54) is 5.56 Å². The van der Waals surface area contributed by atoms with E-state index < -0.39 is 0 Å². The van der Waals surface area contributed by atoms with Crippen LogP contribution in [-0.2, 0) is 0 Å². The highest BCUT2D eigenvalue weighted by atomic mass is 15.0. The average Bonchev–Trinajstić information content (AvgIpc) is 2.89. The van der Waals surface area contributed by atoms with E-state index in [0.29, 0.717) is 11.6 Å². The van der Waals surface area contributed by atoms with Crippen molar-refractivity contribution in [3.8, 4) is 22.8 Å². The fourth-order valence-electron chi connectivity index (χ4n) is 2.83. The summed E-state index contributed by atoms with van der Waals surface area (Å²) < 4.78 is 0. The monoisotopic (exact) mass is 415 g/mol. The number of rotatable bonds is 3. The summed E-state index contributed by atoms with van der Waals surface area (Å²) >= 11 is 0. The zero-order chi connectivity index (χ0) is 23.1. The van der Waals surface area contributed by atoms with Gasteiger partial charge >= 0.3 is 0 Å². The lowest BCUT2D eigenvalue weighted by Crippen LogP contribution is -2.03. The van der Waals surface area contributed by atoms with Crippen LogP contribution >= 0.6 is 0 Å². The van der Waals surface area contributed by atoms with E-state index >= 15 is 0 Å². The number of aromatic nitrogens is 3. The first-order valence-corrected chi connectivity index (χ1v) is 11.6. The van der Waals surface area contributed by atoms with Crippen molar-refractivity contribution in [1.82, 2.24) is 15.0 Å². The molecule has 2 aromatic carbocycles. The van der Waals surface area contributed by atoms with Crippen molar-refractivity contribution in [2.75, 3.05) is 0 Å². The Labute approximate surface area is 189 Å². The Balaban J connectivity index is 0.000000739. The lowest BCUT2D eigenvalue weighted by Gasteiger charge is -2.10. The second kappa shape index (κ2) is 14.8. The zero-order valence-corrected chi connectivity index (χ0v) is 20.2. The highest BCUT2D eigenvalue weighted by Crippen LogP contribution is 2.25. The van der Waals surface area contributed by atoms with Gasteiger partial charge in [-0.1, -0.05) is 120 Å². The molecule has 0 radical (unpaired) electrons. The van der Waals surface area contributed by atoms with Crippen LogP contribution in [0.4, 0.5) is 0 Å². The van der Waals surface area contributed by atoms with E-state index in [4.69, 9.17) is 15.0 Å². The van der Waals surface area contributed by atoms with Gasteiger partial charge in [0, 0.05) is 16.7 Å². The minimum atomic E-state index is 0.709. The number of allylic oxidation sites excluding steroid dienone is 4. The molecule has 1 aliphatic carbocycles. The first-order valence-electron chi connectivity index (χ1n) is 11.6. The molecular weight excluding hydrogens is 378 g/mol. The number of hydrogen-bond donors (Lipinski definition) is 0. The maximum atomic E-state index is 4.74. The standard InChI is InChI=1S/C22H19N3.3C2H6/c1-16-12-14-19(15-13-16)22-24-20(17-8-4-2-5-9-17)23-21(25-22)18-10-6-3-7-11-18;3*1-2/h2,4-6,8-15H,3,7H2,1H3;3*1-2H3. The zero-order valence-electron chi connectivity index (χ0n) is 20.2. The van der Waals surface area contributed by atoms with Gasteiger partial charge < -0.3 is 0 Å². The summed E-state index contributed by atoms with van der Waals surface area (Å²) in [5.41, 5.74) is 4.30. The molecule has 0 N–H and O–H groups in total. The van der Waals surface area contributed by atoms with Crippen LogP contribution in [0.25, 0.3) is 28.3 Å². The van der Waals surface area contributed by atoms with Crippen LogP contribution in [0.1, 0.15) is 65.8 Å². The molecular formula is C28H37N3. The van der Waals surface area contributed by atoms with Gasteiger partial charge in [-0.25, -0.2) is 15.0 Å². The average molecular weight is 416 g/mol. The van der Waals surface area contributed by atoms with Gasteiger partial charge in [-0.15, -0.1) is 0 Å². The Morgan fingerprint density at radius 3 is 1.61 bits per heavy atom. The molecule has 0 spiro atoms. The summed E-state index contributed by atoms with van der Waals surface area (Å²) in [7, 11) is 0. The molecule has 0 aliphatic heterocycles. The molecule has 0 atom stereocenters. The topological polar surface area (TPSA) is 38.7 Å². The highest BCUT2D eigenvalue weighted by Gasteiger charge is 2.13. The number of benzene rings is 2. The molecule has 3 aromatic rings. The van der Waals surface area contributed by atoms with Gasteiger partial charge in [0.15, 0.2) is 17.5 Å². The van der Waals surface area contributed by atoms with Crippen LogP contribution in [0.15, 0.2) is 72.8 Å². The van der Waals surface area contributed by atoms with E-state index in [1.807, 2.05) is 71.9 Å². The van der Waals surface area contributed by atoms with Gasteiger partial charge in [-0.3, -0.25) is 0 Å². The van der Waals surface area contributed by atoms with Gasteiger partial charge in [-0.05, 0) is 19.8 Å². The first-order chi connectivity index (χ1) is 15.3. The number of nitrogens with zero attached hydrogens (tertiary/aromatic N) is 3. The van der Waals surface area contributed by atoms with Gasteiger partial charge in [0.25, 0.3) is 0 Å². The van der Waals surface area contributed by atoms with Crippen molar-refractivity contribution in [3.05, 3.63) is 84.2 Å². The third-order valence-electron chi connectivity index (χ3n) is 4.23.